The minimum atomic E-state index is -0.139. The highest BCUT2D eigenvalue weighted by atomic mass is 35.5. The van der Waals surface area contributed by atoms with Gasteiger partial charge in [0, 0.05) is 19.8 Å². The highest BCUT2D eigenvalue weighted by molar-refractivity contribution is 7.98. The topological polar surface area (TPSA) is 54.0 Å². The van der Waals surface area contributed by atoms with Crippen LogP contribution in [0.4, 0.5) is 5.82 Å². The number of thioether (sulfide) groups is 1. The quantitative estimate of drug-likeness (QED) is 0.844. The Morgan fingerprint density at radius 2 is 2.33 bits per heavy atom. The highest BCUT2D eigenvalue weighted by Crippen LogP contribution is 2.19. The third-order valence-electron chi connectivity index (χ3n) is 2.40. The van der Waals surface area contributed by atoms with Gasteiger partial charge in [0.05, 0.1) is 10.6 Å². The number of carbonyl (C=O) groups is 1. The number of nitrogens with one attached hydrogen (secondary N) is 2. The van der Waals surface area contributed by atoms with Crippen LogP contribution in [0.5, 0.6) is 0 Å². The van der Waals surface area contributed by atoms with Crippen molar-refractivity contribution in [3.63, 3.8) is 0 Å². The molecular formula is C12H18ClN3OS. The van der Waals surface area contributed by atoms with Gasteiger partial charge in [0.2, 0.25) is 0 Å². The van der Waals surface area contributed by atoms with Crippen molar-refractivity contribution in [1.82, 2.24) is 10.3 Å². The van der Waals surface area contributed by atoms with Crippen LogP contribution in [0, 0.1) is 5.92 Å². The van der Waals surface area contributed by atoms with E-state index in [1.807, 2.05) is 0 Å². The van der Waals surface area contributed by atoms with E-state index in [9.17, 15) is 4.79 Å². The van der Waals surface area contributed by atoms with Crippen molar-refractivity contribution in [2.75, 3.05) is 30.9 Å². The summed E-state index contributed by atoms with van der Waals surface area (Å²) in [5.74, 6) is 1.91. The van der Waals surface area contributed by atoms with E-state index in [4.69, 9.17) is 11.6 Å². The molecule has 100 valence electrons. The van der Waals surface area contributed by atoms with Crippen molar-refractivity contribution in [3.05, 3.63) is 22.8 Å². The van der Waals surface area contributed by atoms with E-state index in [1.165, 1.54) is 6.20 Å². The lowest BCUT2D eigenvalue weighted by molar-refractivity contribution is 0.0949. The maximum atomic E-state index is 11.9. The Kier molecular flexibility index (Phi) is 6.29. The van der Waals surface area contributed by atoms with Gasteiger partial charge in [0.1, 0.15) is 5.82 Å². The molecule has 0 saturated heterocycles. The summed E-state index contributed by atoms with van der Waals surface area (Å²) < 4.78 is 0. The number of halogens is 1. The second-order valence-corrected chi connectivity index (χ2v) is 5.39. The Morgan fingerprint density at radius 1 is 1.61 bits per heavy atom. The molecule has 2 N–H and O–H groups in total. The Morgan fingerprint density at radius 3 is 2.89 bits per heavy atom. The van der Waals surface area contributed by atoms with E-state index in [0.29, 0.717) is 28.9 Å². The lowest BCUT2D eigenvalue weighted by Crippen LogP contribution is -2.29. The van der Waals surface area contributed by atoms with Crippen LogP contribution in [0.3, 0.4) is 0 Å². The first kappa shape index (κ1) is 15.1. The molecule has 0 saturated carbocycles. The zero-order valence-electron chi connectivity index (χ0n) is 10.8. The van der Waals surface area contributed by atoms with Crippen molar-refractivity contribution >= 4 is 35.1 Å². The van der Waals surface area contributed by atoms with Crippen molar-refractivity contribution in [1.29, 1.82) is 0 Å². The minimum absolute atomic E-state index is 0.139. The second-order valence-electron chi connectivity index (χ2n) is 4.07. The largest absolute Gasteiger partial charge is 0.372 e. The van der Waals surface area contributed by atoms with Gasteiger partial charge in [0.15, 0.2) is 0 Å². The van der Waals surface area contributed by atoms with E-state index in [1.54, 1.807) is 24.9 Å². The number of carbonyl (C=O) groups excluding carboxylic acids is 1. The summed E-state index contributed by atoms with van der Waals surface area (Å²) in [6.45, 7) is 2.76. The van der Waals surface area contributed by atoms with Crippen molar-refractivity contribution in [3.8, 4) is 0 Å². The molecule has 0 bridgehead atoms. The monoisotopic (exact) mass is 287 g/mol. The summed E-state index contributed by atoms with van der Waals surface area (Å²) in [6.07, 6.45) is 3.57. The summed E-state index contributed by atoms with van der Waals surface area (Å²) >= 11 is 7.75. The molecule has 0 radical (unpaired) electrons. The molecular weight excluding hydrogens is 270 g/mol. The number of hydrogen-bond donors (Lipinski definition) is 2. The van der Waals surface area contributed by atoms with Crippen molar-refractivity contribution in [2.45, 2.75) is 6.92 Å². The average Bonchev–Trinajstić information content (AvgIpc) is 2.36. The van der Waals surface area contributed by atoms with Crippen LogP contribution in [0.2, 0.25) is 5.02 Å². The molecule has 6 heteroatoms. The Labute approximate surface area is 117 Å². The molecule has 1 aromatic rings. The van der Waals surface area contributed by atoms with Crippen molar-refractivity contribution < 1.29 is 4.79 Å². The van der Waals surface area contributed by atoms with Crippen molar-refractivity contribution in [2.24, 2.45) is 5.92 Å². The van der Waals surface area contributed by atoms with Gasteiger partial charge >= 0.3 is 0 Å². The Bertz CT molecular complexity index is 414. The SMILES string of the molecule is CNc1ncc(C(=O)NCC(C)CSC)cc1Cl. The first-order valence-electron chi connectivity index (χ1n) is 5.69. The Hall–Kier alpha value is -0.940. The van der Waals surface area contributed by atoms with Crippen LogP contribution in [-0.2, 0) is 0 Å². The molecule has 0 spiro atoms. The lowest BCUT2D eigenvalue weighted by atomic mass is 10.2. The fraction of sp³-hybridized carbons (Fsp3) is 0.500. The molecule has 0 aliphatic carbocycles. The van der Waals surface area contributed by atoms with Gasteiger partial charge in [-0.3, -0.25) is 4.79 Å². The van der Waals surface area contributed by atoms with E-state index < -0.39 is 0 Å². The van der Waals surface area contributed by atoms with E-state index in [-0.39, 0.29) is 5.91 Å². The third-order valence-corrected chi connectivity index (χ3v) is 3.59. The van der Waals surface area contributed by atoms with E-state index in [0.717, 1.165) is 5.75 Å². The summed E-state index contributed by atoms with van der Waals surface area (Å²) in [5.41, 5.74) is 0.482. The number of aromatic nitrogens is 1. The van der Waals surface area contributed by atoms with E-state index in [2.05, 4.69) is 28.8 Å². The van der Waals surface area contributed by atoms with Gasteiger partial charge < -0.3 is 10.6 Å². The number of rotatable bonds is 6. The number of amides is 1. The fourth-order valence-electron chi connectivity index (χ4n) is 1.46. The first-order valence-corrected chi connectivity index (χ1v) is 7.46. The molecule has 0 aliphatic rings. The zero-order valence-corrected chi connectivity index (χ0v) is 12.4. The fourth-order valence-corrected chi connectivity index (χ4v) is 2.41. The zero-order chi connectivity index (χ0) is 13.5. The first-order chi connectivity index (χ1) is 8.58. The van der Waals surface area contributed by atoms with Gasteiger partial charge in [-0.15, -0.1) is 0 Å². The average molecular weight is 288 g/mol. The molecule has 1 rings (SSSR count). The van der Waals surface area contributed by atoms with Crippen LogP contribution in [0.25, 0.3) is 0 Å². The summed E-state index contributed by atoms with van der Waals surface area (Å²) in [4.78, 5) is 15.9. The van der Waals surface area contributed by atoms with Crippen LogP contribution < -0.4 is 10.6 Å². The molecule has 1 unspecified atom stereocenters. The number of hydrogen-bond acceptors (Lipinski definition) is 4. The number of pyridine rings is 1. The predicted octanol–water partition coefficient (Wildman–Crippen LogP) is 2.51. The second kappa shape index (κ2) is 7.48. The van der Waals surface area contributed by atoms with Gasteiger partial charge in [-0.1, -0.05) is 18.5 Å². The van der Waals surface area contributed by atoms with Gasteiger partial charge in [-0.05, 0) is 24.0 Å². The summed E-state index contributed by atoms with van der Waals surface area (Å²) in [7, 11) is 1.73. The molecule has 4 nitrogen and oxygen atoms in total. The summed E-state index contributed by atoms with van der Waals surface area (Å²) in [6, 6.07) is 1.62. The van der Waals surface area contributed by atoms with Crippen LogP contribution in [0.1, 0.15) is 17.3 Å². The molecule has 1 heterocycles. The maximum Gasteiger partial charge on any atom is 0.252 e. The highest BCUT2D eigenvalue weighted by Gasteiger charge is 2.10. The predicted molar refractivity (Wildman–Crippen MR) is 78.7 cm³/mol. The lowest BCUT2D eigenvalue weighted by Gasteiger charge is -2.11. The molecule has 0 aromatic carbocycles. The van der Waals surface area contributed by atoms with Crippen LogP contribution >= 0.6 is 23.4 Å². The summed E-state index contributed by atoms with van der Waals surface area (Å²) in [5, 5.41) is 6.17. The maximum absolute atomic E-state index is 11.9. The standard InChI is InChI=1S/C12H18ClN3OS/c1-8(7-18-3)5-16-12(17)9-4-10(13)11(14-2)15-6-9/h4,6,8H,5,7H2,1-3H3,(H,14,15)(H,16,17). The minimum Gasteiger partial charge on any atom is -0.372 e. The Balaban J connectivity index is 2.59. The number of nitrogens with zero attached hydrogens (tertiary/aromatic N) is 1. The molecule has 0 aliphatic heterocycles. The smallest absolute Gasteiger partial charge is 0.252 e. The van der Waals surface area contributed by atoms with Gasteiger partial charge in [0.25, 0.3) is 5.91 Å². The number of anilines is 1. The third kappa shape index (κ3) is 4.38. The molecule has 1 aromatic heterocycles. The molecule has 1 amide bonds. The van der Waals surface area contributed by atoms with Crippen LogP contribution in [0.15, 0.2) is 12.3 Å². The van der Waals surface area contributed by atoms with Gasteiger partial charge in [-0.25, -0.2) is 4.98 Å². The van der Waals surface area contributed by atoms with E-state index >= 15 is 0 Å². The molecule has 18 heavy (non-hydrogen) atoms. The normalized spacial score (nSPS) is 12.0. The molecule has 0 fully saturated rings. The van der Waals surface area contributed by atoms with Crippen LogP contribution in [-0.4, -0.2) is 36.5 Å². The molecule has 1 atom stereocenters. The van der Waals surface area contributed by atoms with Gasteiger partial charge in [-0.2, -0.15) is 11.8 Å².